The van der Waals surface area contributed by atoms with E-state index in [2.05, 4.69) is 33.1 Å². The Morgan fingerprint density at radius 2 is 2.15 bits per heavy atom. The zero-order valence-electron chi connectivity index (χ0n) is 17.9. The summed E-state index contributed by atoms with van der Waals surface area (Å²) in [6.45, 7) is 6.68. The van der Waals surface area contributed by atoms with Crippen molar-refractivity contribution in [2.75, 3.05) is 17.7 Å². The molecule has 1 aliphatic rings. The summed E-state index contributed by atoms with van der Waals surface area (Å²) in [6.07, 6.45) is 1.36. The fourth-order valence-corrected chi connectivity index (χ4v) is 5.20. The van der Waals surface area contributed by atoms with Gasteiger partial charge in [-0.25, -0.2) is 4.98 Å². The summed E-state index contributed by atoms with van der Waals surface area (Å²) < 4.78 is 14.8. The number of hydrogen-bond acceptors (Lipinski definition) is 8. The average molecular weight is 480 g/mol. The molecule has 3 heterocycles. The smallest absolute Gasteiger partial charge is 0.236 e. The highest BCUT2D eigenvalue weighted by molar-refractivity contribution is 7.99. The number of ether oxygens (including phenoxy) is 2. The summed E-state index contributed by atoms with van der Waals surface area (Å²) in [6, 6.07) is 13.6. The fraction of sp³-hybridized carbons (Fsp3) is 0.217. The summed E-state index contributed by atoms with van der Waals surface area (Å²) in [5, 5.41) is 12.7. The Labute approximate surface area is 198 Å². The molecule has 0 bridgehead atoms. The second-order valence-corrected chi connectivity index (χ2v) is 9.40. The molecule has 1 aliphatic heterocycles. The molecule has 2 aromatic heterocycles. The Balaban J connectivity index is 1.27. The molecule has 2 aromatic carbocycles. The van der Waals surface area contributed by atoms with E-state index >= 15 is 0 Å². The minimum atomic E-state index is -0.401. The van der Waals surface area contributed by atoms with Crippen LogP contribution in [0, 0.1) is 6.92 Å². The van der Waals surface area contributed by atoms with Crippen molar-refractivity contribution in [1.82, 2.24) is 19.7 Å². The predicted octanol–water partition coefficient (Wildman–Crippen LogP) is 4.63. The Kier molecular flexibility index (Phi) is 6.01. The van der Waals surface area contributed by atoms with E-state index in [0.29, 0.717) is 40.8 Å². The van der Waals surface area contributed by atoms with Crippen LogP contribution in [0.25, 0.3) is 10.2 Å². The summed E-state index contributed by atoms with van der Waals surface area (Å²) in [5.41, 5.74) is 2.04. The van der Waals surface area contributed by atoms with Crippen LogP contribution in [0.15, 0.2) is 60.3 Å². The number of aryl methyl sites for hydroxylation is 1. The molecule has 4 aromatic rings. The van der Waals surface area contributed by atoms with E-state index in [1.165, 1.54) is 23.1 Å². The Hall–Kier alpha value is -3.37. The maximum Gasteiger partial charge on any atom is 0.236 e. The first kappa shape index (κ1) is 21.5. The first-order chi connectivity index (χ1) is 16.1. The van der Waals surface area contributed by atoms with Crippen LogP contribution in [0.4, 0.5) is 5.13 Å². The van der Waals surface area contributed by atoms with Crippen LogP contribution >= 0.6 is 23.1 Å². The number of amides is 1. The van der Waals surface area contributed by atoms with Crippen LogP contribution in [0.3, 0.4) is 0 Å². The highest BCUT2D eigenvalue weighted by Gasteiger charge is 2.28. The molecule has 5 rings (SSSR count). The molecule has 1 unspecified atom stereocenters. The zero-order valence-corrected chi connectivity index (χ0v) is 19.5. The van der Waals surface area contributed by atoms with Crippen LogP contribution in [0.2, 0.25) is 0 Å². The number of rotatable bonds is 7. The lowest BCUT2D eigenvalue weighted by Crippen LogP contribution is -2.25. The highest BCUT2D eigenvalue weighted by atomic mass is 32.2. The molecule has 0 spiro atoms. The van der Waals surface area contributed by atoms with Gasteiger partial charge in [-0.05, 0) is 36.8 Å². The van der Waals surface area contributed by atoms with Gasteiger partial charge in [-0.3, -0.25) is 9.36 Å². The van der Waals surface area contributed by atoms with Gasteiger partial charge in [0, 0.05) is 6.54 Å². The van der Waals surface area contributed by atoms with Gasteiger partial charge in [0.15, 0.2) is 33.7 Å². The molecule has 33 heavy (non-hydrogen) atoms. The number of para-hydroxylation sites is 2. The molecule has 1 N–H and O–H groups in total. The zero-order chi connectivity index (χ0) is 22.8. The van der Waals surface area contributed by atoms with Crippen molar-refractivity contribution in [3.05, 3.63) is 66.5 Å². The quantitative estimate of drug-likeness (QED) is 0.305. The van der Waals surface area contributed by atoms with Crippen LogP contribution in [0.1, 0.15) is 17.5 Å². The van der Waals surface area contributed by atoms with Crippen molar-refractivity contribution in [3.63, 3.8) is 0 Å². The number of carbonyl (C=O) groups is 1. The molecular formula is C23H21N5O3S2. The number of carbonyl (C=O) groups excluding carboxylic acids is 1. The number of nitrogens with one attached hydrogen (secondary N) is 1. The number of anilines is 1. The van der Waals surface area contributed by atoms with Crippen molar-refractivity contribution in [2.24, 2.45) is 0 Å². The molecule has 0 saturated heterocycles. The molecule has 168 valence electrons. The van der Waals surface area contributed by atoms with E-state index in [4.69, 9.17) is 9.47 Å². The number of aromatic nitrogens is 4. The minimum Gasteiger partial charge on any atom is -0.485 e. The first-order valence-electron chi connectivity index (χ1n) is 10.3. The molecule has 8 nitrogen and oxygen atoms in total. The largest absolute Gasteiger partial charge is 0.485 e. The fourth-order valence-electron chi connectivity index (χ4n) is 3.46. The maximum atomic E-state index is 12.6. The Morgan fingerprint density at radius 3 is 3.00 bits per heavy atom. The lowest BCUT2D eigenvalue weighted by Gasteiger charge is -2.26. The van der Waals surface area contributed by atoms with Gasteiger partial charge in [0.25, 0.3) is 0 Å². The topological polar surface area (TPSA) is 91.2 Å². The molecule has 10 heteroatoms. The van der Waals surface area contributed by atoms with Crippen LogP contribution in [-0.4, -0.2) is 38.0 Å². The summed E-state index contributed by atoms with van der Waals surface area (Å²) >= 11 is 2.77. The van der Waals surface area contributed by atoms with Gasteiger partial charge in [0.2, 0.25) is 5.91 Å². The average Bonchev–Trinajstić information content (AvgIpc) is 3.40. The van der Waals surface area contributed by atoms with E-state index in [0.717, 1.165) is 15.8 Å². The molecule has 0 fully saturated rings. The Morgan fingerprint density at radius 1 is 1.30 bits per heavy atom. The Bertz CT molecular complexity index is 1330. The monoisotopic (exact) mass is 479 g/mol. The van der Waals surface area contributed by atoms with Gasteiger partial charge in [-0.1, -0.05) is 47.4 Å². The third-order valence-electron chi connectivity index (χ3n) is 4.98. The number of nitrogens with zero attached hydrogens (tertiary/aromatic N) is 4. The number of hydrogen-bond donors (Lipinski definition) is 1. The SMILES string of the molecule is C=CCn1c(SCC(=O)Nc2nc3ccc(C)cc3s2)nnc1C1COc2ccccc2O1. The number of thioether (sulfide) groups is 1. The first-order valence-corrected chi connectivity index (χ1v) is 12.1. The van der Waals surface area contributed by atoms with E-state index in [1.807, 2.05) is 47.9 Å². The number of allylic oxidation sites excluding steroid dienone is 1. The molecule has 1 atom stereocenters. The maximum absolute atomic E-state index is 12.6. The predicted molar refractivity (Wildman–Crippen MR) is 129 cm³/mol. The van der Waals surface area contributed by atoms with Gasteiger partial charge in [0.05, 0.1) is 16.0 Å². The van der Waals surface area contributed by atoms with Crippen molar-refractivity contribution < 1.29 is 14.3 Å². The normalized spacial score (nSPS) is 14.9. The van der Waals surface area contributed by atoms with Crippen molar-refractivity contribution in [2.45, 2.75) is 24.7 Å². The summed E-state index contributed by atoms with van der Waals surface area (Å²) in [4.78, 5) is 17.0. The van der Waals surface area contributed by atoms with Crippen LogP contribution in [0.5, 0.6) is 11.5 Å². The second-order valence-electron chi connectivity index (χ2n) is 7.43. The van der Waals surface area contributed by atoms with Crippen LogP contribution in [-0.2, 0) is 11.3 Å². The van der Waals surface area contributed by atoms with Crippen molar-refractivity contribution in [1.29, 1.82) is 0 Å². The number of thiazole rings is 1. The summed E-state index contributed by atoms with van der Waals surface area (Å²) in [7, 11) is 0. The molecule has 1 amide bonds. The summed E-state index contributed by atoms with van der Waals surface area (Å²) in [5.74, 6) is 2.03. The molecule has 0 aliphatic carbocycles. The van der Waals surface area contributed by atoms with Gasteiger partial charge >= 0.3 is 0 Å². The van der Waals surface area contributed by atoms with E-state index < -0.39 is 6.10 Å². The van der Waals surface area contributed by atoms with Crippen molar-refractivity contribution in [3.8, 4) is 11.5 Å². The van der Waals surface area contributed by atoms with E-state index in [1.54, 1.807) is 6.08 Å². The lowest BCUT2D eigenvalue weighted by atomic mass is 10.2. The third-order valence-corrected chi connectivity index (χ3v) is 6.88. The van der Waals surface area contributed by atoms with Crippen LogP contribution < -0.4 is 14.8 Å². The minimum absolute atomic E-state index is 0.156. The van der Waals surface area contributed by atoms with E-state index in [-0.39, 0.29) is 11.7 Å². The molecule has 0 radical (unpaired) electrons. The van der Waals surface area contributed by atoms with Gasteiger partial charge in [0.1, 0.15) is 6.61 Å². The number of fused-ring (bicyclic) bond motifs is 2. The molecule has 0 saturated carbocycles. The molecular weight excluding hydrogens is 458 g/mol. The highest BCUT2D eigenvalue weighted by Crippen LogP contribution is 2.36. The number of benzene rings is 2. The standard InChI is InChI=1S/C23H21N5O3S2/c1-3-10-28-21(18-12-30-16-6-4-5-7-17(16)31-18)26-27-23(28)32-13-20(29)25-22-24-15-9-8-14(2)11-19(15)33-22/h3-9,11,18H,1,10,12-13H2,2H3,(H,24,25,29). The van der Waals surface area contributed by atoms with Gasteiger partial charge < -0.3 is 14.8 Å². The third kappa shape index (κ3) is 4.57. The van der Waals surface area contributed by atoms with Gasteiger partial charge in [-0.15, -0.1) is 16.8 Å². The van der Waals surface area contributed by atoms with E-state index in [9.17, 15) is 4.79 Å². The lowest BCUT2D eigenvalue weighted by molar-refractivity contribution is -0.113. The van der Waals surface area contributed by atoms with Crippen molar-refractivity contribution >= 4 is 44.4 Å². The van der Waals surface area contributed by atoms with Gasteiger partial charge in [-0.2, -0.15) is 0 Å². The second kappa shape index (κ2) is 9.24.